The quantitative estimate of drug-likeness (QED) is 0.558. The minimum absolute atomic E-state index is 0.0179. The van der Waals surface area contributed by atoms with Crippen molar-refractivity contribution >= 4 is 32.4 Å². The van der Waals surface area contributed by atoms with Crippen LogP contribution in [0.2, 0.25) is 0 Å². The number of nitrogens with zero attached hydrogens (tertiary/aromatic N) is 2. The molecule has 1 fully saturated rings. The number of piperidine rings is 1. The number of hydrogen-bond acceptors (Lipinski definition) is 6. The Morgan fingerprint density at radius 1 is 1.24 bits per heavy atom. The van der Waals surface area contributed by atoms with Gasteiger partial charge in [0, 0.05) is 24.0 Å². The van der Waals surface area contributed by atoms with E-state index in [0.29, 0.717) is 24.5 Å². The van der Waals surface area contributed by atoms with Crippen LogP contribution in [0.3, 0.4) is 0 Å². The SMILES string of the molecule is COc1ccc(-c2csc(NC(=O)C3CCCN(S(=O)(=O)c4ccc(F)cc4)C3)n2)cc1C. The topological polar surface area (TPSA) is 88.6 Å². The van der Waals surface area contributed by atoms with Crippen molar-refractivity contribution in [1.29, 1.82) is 0 Å². The third-order valence-electron chi connectivity index (χ3n) is 5.63. The second-order valence-electron chi connectivity index (χ2n) is 7.87. The molecule has 10 heteroatoms. The van der Waals surface area contributed by atoms with Gasteiger partial charge in [0.15, 0.2) is 5.13 Å². The van der Waals surface area contributed by atoms with Gasteiger partial charge < -0.3 is 10.1 Å². The summed E-state index contributed by atoms with van der Waals surface area (Å²) in [6, 6.07) is 10.5. The summed E-state index contributed by atoms with van der Waals surface area (Å²) in [4.78, 5) is 17.4. The van der Waals surface area contributed by atoms with Crippen molar-refractivity contribution in [3.63, 3.8) is 0 Å². The Balaban J connectivity index is 1.44. The minimum atomic E-state index is -3.80. The van der Waals surface area contributed by atoms with E-state index in [9.17, 15) is 17.6 Å². The number of benzene rings is 2. The first-order chi connectivity index (χ1) is 15.8. The van der Waals surface area contributed by atoms with Gasteiger partial charge in [0.25, 0.3) is 0 Å². The molecular weight excluding hydrogens is 465 g/mol. The molecule has 0 radical (unpaired) electrons. The van der Waals surface area contributed by atoms with Crippen molar-refractivity contribution in [1.82, 2.24) is 9.29 Å². The molecule has 0 saturated carbocycles. The predicted molar refractivity (Wildman–Crippen MR) is 125 cm³/mol. The van der Waals surface area contributed by atoms with Crippen LogP contribution in [0.4, 0.5) is 9.52 Å². The summed E-state index contributed by atoms with van der Waals surface area (Å²) in [5, 5.41) is 5.16. The summed E-state index contributed by atoms with van der Waals surface area (Å²) < 4.78 is 45.6. The largest absolute Gasteiger partial charge is 0.496 e. The van der Waals surface area contributed by atoms with E-state index in [0.717, 1.165) is 34.7 Å². The van der Waals surface area contributed by atoms with Gasteiger partial charge in [-0.15, -0.1) is 11.3 Å². The Labute approximate surface area is 196 Å². The summed E-state index contributed by atoms with van der Waals surface area (Å²) in [5.74, 6) is -0.470. The summed E-state index contributed by atoms with van der Waals surface area (Å²) in [7, 11) is -2.18. The highest BCUT2D eigenvalue weighted by Gasteiger charge is 2.33. The number of carbonyl (C=O) groups excluding carboxylic acids is 1. The fourth-order valence-corrected chi connectivity index (χ4v) is 6.09. The number of ether oxygens (including phenoxy) is 1. The second-order valence-corrected chi connectivity index (χ2v) is 10.7. The molecule has 1 aliphatic heterocycles. The molecule has 0 spiro atoms. The highest BCUT2D eigenvalue weighted by Crippen LogP contribution is 2.30. The zero-order valence-corrected chi connectivity index (χ0v) is 19.9. The molecule has 7 nitrogen and oxygen atoms in total. The van der Waals surface area contributed by atoms with E-state index in [1.54, 1.807) is 7.11 Å². The number of rotatable bonds is 6. The Morgan fingerprint density at radius 3 is 2.70 bits per heavy atom. The van der Waals surface area contributed by atoms with E-state index in [1.165, 1.54) is 27.8 Å². The number of halogens is 1. The molecule has 3 aromatic rings. The van der Waals surface area contributed by atoms with Gasteiger partial charge in [-0.3, -0.25) is 4.79 Å². The van der Waals surface area contributed by atoms with Crippen molar-refractivity contribution in [2.75, 3.05) is 25.5 Å². The molecule has 2 aromatic carbocycles. The van der Waals surface area contributed by atoms with Crippen LogP contribution in [0.15, 0.2) is 52.7 Å². The van der Waals surface area contributed by atoms with Gasteiger partial charge >= 0.3 is 0 Å². The van der Waals surface area contributed by atoms with Crippen LogP contribution in [0.5, 0.6) is 5.75 Å². The smallest absolute Gasteiger partial charge is 0.243 e. The molecule has 1 aliphatic rings. The first kappa shape index (κ1) is 23.3. The third kappa shape index (κ3) is 5.07. The van der Waals surface area contributed by atoms with Gasteiger partial charge in [0.2, 0.25) is 15.9 Å². The van der Waals surface area contributed by atoms with Crippen LogP contribution >= 0.6 is 11.3 Å². The van der Waals surface area contributed by atoms with E-state index in [-0.39, 0.29) is 17.3 Å². The lowest BCUT2D eigenvalue weighted by atomic mass is 9.99. The maximum Gasteiger partial charge on any atom is 0.243 e. The molecule has 1 aromatic heterocycles. The maximum atomic E-state index is 13.2. The van der Waals surface area contributed by atoms with Crippen molar-refractivity contribution in [2.45, 2.75) is 24.7 Å². The zero-order chi connectivity index (χ0) is 23.6. The number of hydrogen-bond donors (Lipinski definition) is 1. The van der Waals surface area contributed by atoms with Gasteiger partial charge in [0.05, 0.1) is 23.6 Å². The van der Waals surface area contributed by atoms with Crippen molar-refractivity contribution in [2.24, 2.45) is 5.92 Å². The van der Waals surface area contributed by atoms with Gasteiger partial charge in [-0.25, -0.2) is 17.8 Å². The fraction of sp³-hybridized carbons (Fsp3) is 0.304. The number of aryl methyl sites for hydroxylation is 1. The Hall–Kier alpha value is -2.82. The summed E-state index contributed by atoms with van der Waals surface area (Å²) in [6.45, 7) is 2.34. The van der Waals surface area contributed by atoms with Crippen LogP contribution in [0.25, 0.3) is 11.3 Å². The lowest BCUT2D eigenvalue weighted by Crippen LogP contribution is -2.43. The van der Waals surface area contributed by atoms with E-state index in [2.05, 4.69) is 10.3 Å². The molecule has 1 unspecified atom stereocenters. The monoisotopic (exact) mass is 489 g/mol. The Morgan fingerprint density at radius 2 is 2.00 bits per heavy atom. The molecule has 2 heterocycles. The first-order valence-electron chi connectivity index (χ1n) is 10.4. The highest BCUT2D eigenvalue weighted by atomic mass is 32.2. The number of methoxy groups -OCH3 is 1. The first-order valence-corrected chi connectivity index (χ1v) is 12.8. The van der Waals surface area contributed by atoms with Crippen LogP contribution in [-0.4, -0.2) is 43.8 Å². The average Bonchev–Trinajstić information content (AvgIpc) is 3.28. The molecule has 1 N–H and O–H groups in total. The van der Waals surface area contributed by atoms with Gasteiger partial charge in [-0.1, -0.05) is 0 Å². The Kier molecular flexibility index (Phi) is 6.78. The molecule has 1 amide bonds. The predicted octanol–water partition coefficient (Wildman–Crippen LogP) is 4.31. The van der Waals surface area contributed by atoms with Crippen LogP contribution < -0.4 is 10.1 Å². The van der Waals surface area contributed by atoms with Gasteiger partial charge in [-0.2, -0.15) is 4.31 Å². The summed E-state index contributed by atoms with van der Waals surface area (Å²) in [6.07, 6.45) is 1.14. The van der Waals surface area contributed by atoms with E-state index < -0.39 is 21.8 Å². The number of aromatic nitrogens is 1. The van der Waals surface area contributed by atoms with Crippen molar-refractivity contribution in [3.05, 3.63) is 59.2 Å². The van der Waals surface area contributed by atoms with Gasteiger partial charge in [-0.05, 0) is 67.8 Å². The summed E-state index contributed by atoms with van der Waals surface area (Å²) in [5.41, 5.74) is 2.64. The molecule has 1 atom stereocenters. The van der Waals surface area contributed by atoms with E-state index in [4.69, 9.17) is 4.74 Å². The molecule has 0 aliphatic carbocycles. The number of carbonyl (C=O) groups is 1. The average molecular weight is 490 g/mol. The number of anilines is 1. The number of nitrogens with one attached hydrogen (secondary N) is 1. The molecule has 4 rings (SSSR count). The zero-order valence-electron chi connectivity index (χ0n) is 18.2. The fourth-order valence-electron chi connectivity index (χ4n) is 3.84. The Bertz CT molecular complexity index is 1260. The minimum Gasteiger partial charge on any atom is -0.496 e. The normalized spacial score (nSPS) is 17.0. The molecular formula is C23H24FN3O4S2. The number of sulfonamides is 1. The molecule has 0 bridgehead atoms. The molecule has 33 heavy (non-hydrogen) atoms. The maximum absolute atomic E-state index is 13.2. The number of thiazole rings is 1. The molecule has 174 valence electrons. The second kappa shape index (κ2) is 9.58. The van der Waals surface area contributed by atoms with E-state index >= 15 is 0 Å². The van der Waals surface area contributed by atoms with Crippen LogP contribution in [-0.2, 0) is 14.8 Å². The highest BCUT2D eigenvalue weighted by molar-refractivity contribution is 7.89. The van der Waals surface area contributed by atoms with Crippen LogP contribution in [0, 0.1) is 18.7 Å². The van der Waals surface area contributed by atoms with E-state index in [1.807, 2.05) is 30.5 Å². The van der Waals surface area contributed by atoms with Crippen LogP contribution in [0.1, 0.15) is 18.4 Å². The number of amides is 1. The molecule has 1 saturated heterocycles. The van der Waals surface area contributed by atoms with Crippen molar-refractivity contribution < 1.29 is 22.3 Å². The van der Waals surface area contributed by atoms with Gasteiger partial charge in [0.1, 0.15) is 11.6 Å². The lowest BCUT2D eigenvalue weighted by molar-refractivity contribution is -0.120. The lowest BCUT2D eigenvalue weighted by Gasteiger charge is -2.31. The summed E-state index contributed by atoms with van der Waals surface area (Å²) >= 11 is 1.32. The third-order valence-corrected chi connectivity index (χ3v) is 8.27. The standard InChI is InChI=1S/C23H24FN3O4S2/c1-15-12-16(5-10-21(15)31-2)20-14-32-23(25-20)26-22(28)17-4-3-11-27(13-17)33(29,30)19-8-6-18(24)7-9-19/h5-10,12,14,17H,3-4,11,13H2,1-2H3,(H,25,26,28). The van der Waals surface area contributed by atoms with Crippen molar-refractivity contribution in [3.8, 4) is 17.0 Å².